The predicted molar refractivity (Wildman–Crippen MR) is 71.5 cm³/mol. The van der Waals surface area contributed by atoms with Crippen LogP contribution in [0.5, 0.6) is 0 Å². The molecule has 5 heteroatoms. The Hall–Kier alpha value is -0.940. The van der Waals surface area contributed by atoms with Crippen molar-refractivity contribution >= 4 is 17.7 Å². The summed E-state index contributed by atoms with van der Waals surface area (Å²) >= 11 is 1.68. The van der Waals surface area contributed by atoms with Crippen molar-refractivity contribution in [2.75, 3.05) is 12.3 Å². The highest BCUT2D eigenvalue weighted by Crippen LogP contribution is 2.27. The summed E-state index contributed by atoms with van der Waals surface area (Å²) in [5, 5.41) is 13.1. The fraction of sp³-hybridized carbons (Fsp3) is 0.615. The van der Waals surface area contributed by atoms with Crippen LogP contribution in [-0.4, -0.2) is 28.6 Å². The highest BCUT2D eigenvalue weighted by atomic mass is 32.2. The van der Waals surface area contributed by atoms with E-state index < -0.39 is 5.60 Å². The van der Waals surface area contributed by atoms with Gasteiger partial charge < -0.3 is 14.8 Å². The zero-order valence-electron chi connectivity index (χ0n) is 10.7. The largest absolute Gasteiger partial charge is 0.463 e. The molecule has 4 nitrogen and oxygen atoms in total. The van der Waals surface area contributed by atoms with Crippen LogP contribution in [0.4, 0.5) is 0 Å². The molecule has 1 aromatic rings. The maximum Gasteiger partial charge on any atom is 0.233 e. The molecule has 1 aliphatic rings. The molecule has 18 heavy (non-hydrogen) atoms. The quantitative estimate of drug-likeness (QED) is 0.875. The Morgan fingerprint density at radius 2 is 2.44 bits per heavy atom. The standard InChI is InChI=1S/C13H19NO3S/c1-9-5-6-11(17-9)13(2,16)8-14-12(15)10-4-3-7-18-10/h5-6,10,16H,3-4,7-8H2,1-2H3,(H,14,15). The number of carbonyl (C=O) groups excluding carboxylic acids is 1. The van der Waals surface area contributed by atoms with Crippen LogP contribution in [0.25, 0.3) is 0 Å². The van der Waals surface area contributed by atoms with Crippen LogP contribution in [-0.2, 0) is 10.4 Å². The van der Waals surface area contributed by atoms with Crippen molar-refractivity contribution in [1.82, 2.24) is 5.32 Å². The second-order valence-corrected chi connectivity index (χ2v) is 6.21. The van der Waals surface area contributed by atoms with E-state index in [0.717, 1.165) is 24.4 Å². The Labute approximate surface area is 111 Å². The molecular weight excluding hydrogens is 250 g/mol. The molecule has 0 aromatic carbocycles. The maximum absolute atomic E-state index is 11.9. The molecule has 100 valence electrons. The number of amides is 1. The fourth-order valence-electron chi connectivity index (χ4n) is 1.97. The zero-order valence-corrected chi connectivity index (χ0v) is 11.5. The SMILES string of the molecule is Cc1ccc(C(C)(O)CNC(=O)C2CCCS2)o1. The highest BCUT2D eigenvalue weighted by Gasteiger charge is 2.30. The van der Waals surface area contributed by atoms with Crippen LogP contribution >= 0.6 is 11.8 Å². The van der Waals surface area contributed by atoms with Gasteiger partial charge in [-0.25, -0.2) is 0 Å². The summed E-state index contributed by atoms with van der Waals surface area (Å²) in [5.74, 6) is 2.30. The van der Waals surface area contributed by atoms with Gasteiger partial charge in [0, 0.05) is 0 Å². The number of furan rings is 1. The van der Waals surface area contributed by atoms with Crippen LogP contribution in [0.1, 0.15) is 31.3 Å². The van der Waals surface area contributed by atoms with Gasteiger partial charge in [-0.2, -0.15) is 0 Å². The van der Waals surface area contributed by atoms with Crippen molar-refractivity contribution in [1.29, 1.82) is 0 Å². The first-order chi connectivity index (χ1) is 8.49. The number of rotatable bonds is 4. The van der Waals surface area contributed by atoms with E-state index in [1.165, 1.54) is 0 Å². The molecule has 1 aliphatic heterocycles. The number of nitrogens with one attached hydrogen (secondary N) is 1. The minimum atomic E-state index is -1.16. The van der Waals surface area contributed by atoms with E-state index in [-0.39, 0.29) is 17.7 Å². The van der Waals surface area contributed by atoms with Gasteiger partial charge in [0.15, 0.2) is 0 Å². The Morgan fingerprint density at radius 1 is 1.67 bits per heavy atom. The van der Waals surface area contributed by atoms with Crippen molar-refractivity contribution in [3.63, 3.8) is 0 Å². The molecule has 2 unspecified atom stereocenters. The third-order valence-electron chi connectivity index (χ3n) is 3.10. The summed E-state index contributed by atoms with van der Waals surface area (Å²) in [7, 11) is 0. The zero-order chi connectivity index (χ0) is 13.2. The maximum atomic E-state index is 11.9. The molecule has 2 N–H and O–H groups in total. The Bertz CT molecular complexity index is 422. The van der Waals surface area contributed by atoms with Crippen molar-refractivity contribution in [2.45, 2.75) is 37.5 Å². The second kappa shape index (κ2) is 5.36. The predicted octanol–water partition coefficient (Wildman–Crippen LogP) is 1.81. The Kier molecular flexibility index (Phi) is 4.02. The molecule has 2 heterocycles. The molecule has 1 fully saturated rings. The molecule has 1 aromatic heterocycles. The molecule has 1 amide bonds. The summed E-state index contributed by atoms with van der Waals surface area (Å²) in [5.41, 5.74) is -1.16. The third kappa shape index (κ3) is 3.09. The van der Waals surface area contributed by atoms with Crippen LogP contribution in [0.3, 0.4) is 0 Å². The van der Waals surface area contributed by atoms with Crippen LogP contribution in [0.2, 0.25) is 0 Å². The summed E-state index contributed by atoms with van der Waals surface area (Å²) in [4.78, 5) is 11.9. The van der Waals surface area contributed by atoms with Gasteiger partial charge >= 0.3 is 0 Å². The van der Waals surface area contributed by atoms with E-state index in [4.69, 9.17) is 4.42 Å². The molecule has 0 aliphatic carbocycles. The van der Waals surface area contributed by atoms with Crippen LogP contribution < -0.4 is 5.32 Å². The molecule has 2 atom stereocenters. The lowest BCUT2D eigenvalue weighted by atomic mass is 10.0. The number of aryl methyl sites for hydroxylation is 1. The summed E-state index contributed by atoms with van der Waals surface area (Å²) < 4.78 is 5.40. The van der Waals surface area contributed by atoms with Gasteiger partial charge in [0.2, 0.25) is 5.91 Å². The van der Waals surface area contributed by atoms with E-state index >= 15 is 0 Å². The first kappa shape index (κ1) is 13.5. The second-order valence-electron chi connectivity index (χ2n) is 4.90. The van der Waals surface area contributed by atoms with Crippen LogP contribution in [0, 0.1) is 6.92 Å². The molecule has 1 saturated heterocycles. The van der Waals surface area contributed by atoms with Crippen molar-refractivity contribution < 1.29 is 14.3 Å². The minimum Gasteiger partial charge on any atom is -0.463 e. The average Bonchev–Trinajstić information content (AvgIpc) is 2.96. The van der Waals surface area contributed by atoms with Gasteiger partial charge in [-0.15, -0.1) is 11.8 Å². The lowest BCUT2D eigenvalue weighted by Crippen LogP contribution is -2.41. The number of aliphatic hydroxyl groups is 1. The fourth-order valence-corrected chi connectivity index (χ4v) is 3.15. The van der Waals surface area contributed by atoms with Gasteiger partial charge in [0.1, 0.15) is 17.1 Å². The molecule has 2 rings (SSSR count). The summed E-state index contributed by atoms with van der Waals surface area (Å²) in [6.07, 6.45) is 2.02. The Morgan fingerprint density at radius 3 is 3.00 bits per heavy atom. The van der Waals surface area contributed by atoms with E-state index in [2.05, 4.69) is 5.32 Å². The number of hydrogen-bond acceptors (Lipinski definition) is 4. The van der Waals surface area contributed by atoms with E-state index in [9.17, 15) is 9.90 Å². The molecule has 0 bridgehead atoms. The van der Waals surface area contributed by atoms with E-state index in [0.29, 0.717) is 5.76 Å². The summed E-state index contributed by atoms with van der Waals surface area (Å²) in [6.45, 7) is 3.65. The first-order valence-corrected chi connectivity index (χ1v) is 7.22. The van der Waals surface area contributed by atoms with Gasteiger partial charge in [0.05, 0.1) is 11.8 Å². The lowest BCUT2D eigenvalue weighted by Gasteiger charge is -2.22. The average molecular weight is 269 g/mol. The lowest BCUT2D eigenvalue weighted by molar-refractivity contribution is -0.121. The monoisotopic (exact) mass is 269 g/mol. The number of carbonyl (C=O) groups is 1. The first-order valence-electron chi connectivity index (χ1n) is 6.18. The van der Waals surface area contributed by atoms with Gasteiger partial charge in [0.25, 0.3) is 0 Å². The molecule has 0 spiro atoms. The Balaban J connectivity index is 1.90. The van der Waals surface area contributed by atoms with Crippen molar-refractivity contribution in [2.24, 2.45) is 0 Å². The van der Waals surface area contributed by atoms with Crippen LogP contribution in [0.15, 0.2) is 16.5 Å². The third-order valence-corrected chi connectivity index (χ3v) is 4.48. The summed E-state index contributed by atoms with van der Waals surface area (Å²) in [6, 6.07) is 3.55. The highest BCUT2D eigenvalue weighted by molar-refractivity contribution is 8.00. The smallest absolute Gasteiger partial charge is 0.233 e. The van der Waals surface area contributed by atoms with E-state index in [1.807, 2.05) is 6.92 Å². The topological polar surface area (TPSA) is 62.5 Å². The van der Waals surface area contributed by atoms with Crippen molar-refractivity contribution in [3.8, 4) is 0 Å². The van der Waals surface area contributed by atoms with Gasteiger partial charge in [-0.05, 0) is 44.6 Å². The van der Waals surface area contributed by atoms with Crippen molar-refractivity contribution in [3.05, 3.63) is 23.7 Å². The molecule has 0 saturated carbocycles. The molecular formula is C13H19NO3S. The van der Waals surface area contributed by atoms with E-state index in [1.54, 1.807) is 30.8 Å². The normalized spacial score (nSPS) is 22.7. The number of hydrogen-bond donors (Lipinski definition) is 2. The minimum absolute atomic E-state index is 0.0149. The molecule has 0 radical (unpaired) electrons. The van der Waals surface area contributed by atoms with Gasteiger partial charge in [-0.3, -0.25) is 4.79 Å². The number of thioether (sulfide) groups is 1. The van der Waals surface area contributed by atoms with Gasteiger partial charge in [-0.1, -0.05) is 0 Å².